The lowest BCUT2D eigenvalue weighted by atomic mass is 10.0. The van der Waals surface area contributed by atoms with Gasteiger partial charge in [-0.15, -0.1) is 0 Å². The van der Waals surface area contributed by atoms with E-state index in [1.165, 1.54) is 0 Å². The molecular weight excluding hydrogens is 204 g/mol. The Morgan fingerprint density at radius 2 is 2.12 bits per heavy atom. The summed E-state index contributed by atoms with van der Waals surface area (Å²) in [6.07, 6.45) is 1.56. The van der Waals surface area contributed by atoms with Crippen LogP contribution in [-0.4, -0.2) is 24.6 Å². The van der Waals surface area contributed by atoms with Crippen LogP contribution in [0, 0.1) is 0 Å². The van der Waals surface area contributed by atoms with Gasteiger partial charge in [-0.25, -0.2) is 0 Å². The molecule has 3 N–H and O–H groups in total. The largest absolute Gasteiger partial charge is 0.367 e. The molecule has 1 amide bonds. The van der Waals surface area contributed by atoms with E-state index in [1.54, 1.807) is 12.1 Å². The number of carbonyl (C=O) groups is 1. The topological polar surface area (TPSA) is 64.4 Å². The maximum absolute atomic E-state index is 10.9. The van der Waals surface area contributed by atoms with E-state index < -0.39 is 5.91 Å². The number of fused-ring (bicyclic) bond motifs is 2. The van der Waals surface area contributed by atoms with E-state index in [0.717, 1.165) is 18.5 Å². The number of primary amides is 1. The summed E-state index contributed by atoms with van der Waals surface area (Å²) >= 11 is 0. The minimum Gasteiger partial charge on any atom is -0.367 e. The Hall–Kier alpha value is -1.39. The SMILES string of the molecule is NC(=O)c1ccc([C@H]2O[C@@H]3CN[C@H]2C3)cc1. The van der Waals surface area contributed by atoms with Crippen molar-refractivity contribution >= 4 is 5.91 Å². The third-order valence-electron chi connectivity index (χ3n) is 3.35. The first kappa shape index (κ1) is 9.81. The van der Waals surface area contributed by atoms with E-state index in [2.05, 4.69) is 5.32 Å². The third kappa shape index (κ3) is 1.50. The minimum absolute atomic E-state index is 0.126. The van der Waals surface area contributed by atoms with Gasteiger partial charge in [0.1, 0.15) is 0 Å². The molecule has 0 unspecified atom stereocenters. The quantitative estimate of drug-likeness (QED) is 0.763. The molecule has 0 radical (unpaired) electrons. The summed E-state index contributed by atoms with van der Waals surface area (Å²) in [6.45, 7) is 0.959. The molecule has 0 aromatic heterocycles. The van der Waals surface area contributed by atoms with Crippen molar-refractivity contribution in [1.82, 2.24) is 5.32 Å². The fourth-order valence-corrected chi connectivity index (χ4v) is 2.52. The monoisotopic (exact) mass is 218 g/mol. The van der Waals surface area contributed by atoms with Crippen molar-refractivity contribution in [3.63, 3.8) is 0 Å². The molecule has 0 aliphatic carbocycles. The maximum Gasteiger partial charge on any atom is 0.248 e. The van der Waals surface area contributed by atoms with Crippen LogP contribution in [0.3, 0.4) is 0 Å². The third-order valence-corrected chi connectivity index (χ3v) is 3.35. The summed E-state index contributed by atoms with van der Waals surface area (Å²) in [6, 6.07) is 7.78. The fraction of sp³-hybridized carbons (Fsp3) is 0.417. The van der Waals surface area contributed by atoms with Crippen molar-refractivity contribution < 1.29 is 9.53 Å². The van der Waals surface area contributed by atoms with Crippen LogP contribution in [0.1, 0.15) is 28.4 Å². The highest BCUT2D eigenvalue weighted by Gasteiger charge is 2.41. The first-order valence-corrected chi connectivity index (χ1v) is 5.52. The fourth-order valence-electron chi connectivity index (χ4n) is 2.52. The molecule has 2 saturated heterocycles. The predicted octanol–water partition coefficient (Wildman–Crippen LogP) is 0.587. The Bertz CT molecular complexity index is 416. The minimum atomic E-state index is -0.390. The second kappa shape index (κ2) is 3.57. The van der Waals surface area contributed by atoms with Gasteiger partial charge in [0.05, 0.1) is 12.2 Å². The van der Waals surface area contributed by atoms with Crippen molar-refractivity contribution in [2.75, 3.05) is 6.54 Å². The lowest BCUT2D eigenvalue weighted by Gasteiger charge is -2.23. The second-order valence-corrected chi connectivity index (χ2v) is 4.42. The van der Waals surface area contributed by atoms with Crippen LogP contribution < -0.4 is 11.1 Å². The molecule has 1 aromatic carbocycles. The molecule has 4 nitrogen and oxygen atoms in total. The van der Waals surface area contributed by atoms with Gasteiger partial charge >= 0.3 is 0 Å². The van der Waals surface area contributed by atoms with Gasteiger partial charge in [-0.3, -0.25) is 4.79 Å². The van der Waals surface area contributed by atoms with E-state index in [9.17, 15) is 4.79 Å². The predicted molar refractivity (Wildman–Crippen MR) is 59.0 cm³/mol. The number of hydrogen-bond donors (Lipinski definition) is 2. The number of morpholine rings is 1. The lowest BCUT2D eigenvalue weighted by Crippen LogP contribution is -2.34. The van der Waals surface area contributed by atoms with E-state index in [1.807, 2.05) is 12.1 Å². The van der Waals surface area contributed by atoms with E-state index in [-0.39, 0.29) is 6.10 Å². The molecule has 0 spiro atoms. The van der Waals surface area contributed by atoms with E-state index in [0.29, 0.717) is 17.7 Å². The molecule has 2 heterocycles. The number of amides is 1. The number of rotatable bonds is 2. The van der Waals surface area contributed by atoms with Crippen LogP contribution >= 0.6 is 0 Å². The van der Waals surface area contributed by atoms with Gasteiger partial charge in [0.2, 0.25) is 5.91 Å². The summed E-state index contributed by atoms with van der Waals surface area (Å²) in [5.74, 6) is -0.390. The van der Waals surface area contributed by atoms with Gasteiger partial charge in [-0.1, -0.05) is 12.1 Å². The van der Waals surface area contributed by atoms with Gasteiger partial charge < -0.3 is 15.8 Å². The smallest absolute Gasteiger partial charge is 0.248 e. The van der Waals surface area contributed by atoms with Crippen LogP contribution in [0.2, 0.25) is 0 Å². The van der Waals surface area contributed by atoms with Gasteiger partial charge in [0, 0.05) is 18.2 Å². The highest BCUT2D eigenvalue weighted by atomic mass is 16.5. The van der Waals surface area contributed by atoms with Crippen molar-refractivity contribution in [3.8, 4) is 0 Å². The zero-order chi connectivity index (χ0) is 11.1. The highest BCUT2D eigenvalue weighted by Crippen LogP contribution is 2.36. The summed E-state index contributed by atoms with van der Waals surface area (Å²) in [5.41, 5.74) is 6.85. The summed E-state index contributed by atoms with van der Waals surface area (Å²) in [5, 5.41) is 3.43. The lowest BCUT2D eigenvalue weighted by molar-refractivity contribution is 0.0160. The average Bonchev–Trinajstić information content (AvgIpc) is 2.91. The molecule has 3 atom stereocenters. The molecule has 84 valence electrons. The molecule has 4 heteroatoms. The highest BCUT2D eigenvalue weighted by molar-refractivity contribution is 5.92. The molecule has 0 saturated carbocycles. The molecule has 2 aliphatic heterocycles. The molecule has 1 aromatic rings. The normalized spacial score (nSPS) is 31.9. The average molecular weight is 218 g/mol. The molecule has 16 heavy (non-hydrogen) atoms. The first-order valence-electron chi connectivity index (χ1n) is 5.52. The molecule has 2 aliphatic rings. The van der Waals surface area contributed by atoms with Crippen LogP contribution in [0.4, 0.5) is 0 Å². The first-order chi connectivity index (χ1) is 7.74. The molecule has 3 rings (SSSR count). The van der Waals surface area contributed by atoms with E-state index >= 15 is 0 Å². The van der Waals surface area contributed by atoms with Crippen LogP contribution in [0.5, 0.6) is 0 Å². The van der Waals surface area contributed by atoms with Gasteiger partial charge in [-0.05, 0) is 24.1 Å². The summed E-state index contributed by atoms with van der Waals surface area (Å²) < 4.78 is 5.87. The van der Waals surface area contributed by atoms with Crippen LogP contribution in [0.15, 0.2) is 24.3 Å². The van der Waals surface area contributed by atoms with Gasteiger partial charge in [-0.2, -0.15) is 0 Å². The van der Waals surface area contributed by atoms with Gasteiger partial charge in [0.25, 0.3) is 0 Å². The summed E-state index contributed by atoms with van der Waals surface area (Å²) in [4.78, 5) is 10.9. The Balaban J connectivity index is 1.82. The Kier molecular flexibility index (Phi) is 2.19. The number of hydrogen-bond acceptors (Lipinski definition) is 3. The number of nitrogens with two attached hydrogens (primary N) is 1. The van der Waals surface area contributed by atoms with Crippen molar-refractivity contribution in [1.29, 1.82) is 0 Å². The van der Waals surface area contributed by atoms with Gasteiger partial charge in [0.15, 0.2) is 0 Å². The second-order valence-electron chi connectivity index (χ2n) is 4.42. The molecule has 2 fully saturated rings. The Morgan fingerprint density at radius 1 is 1.38 bits per heavy atom. The van der Waals surface area contributed by atoms with Crippen LogP contribution in [-0.2, 0) is 4.74 Å². The van der Waals surface area contributed by atoms with Crippen molar-refractivity contribution in [3.05, 3.63) is 35.4 Å². The Morgan fingerprint density at radius 3 is 2.62 bits per heavy atom. The standard InChI is InChI=1S/C12H14N2O2/c13-12(15)8-3-1-7(2-4-8)11-10-5-9(16-11)6-14-10/h1-4,9-11,14H,5-6H2,(H2,13,15)/t9-,10-,11+/m0/s1. The van der Waals surface area contributed by atoms with E-state index in [4.69, 9.17) is 10.5 Å². The zero-order valence-electron chi connectivity index (χ0n) is 8.85. The number of benzene rings is 1. The number of carbonyl (C=O) groups excluding carboxylic acids is 1. The Labute approximate surface area is 93.8 Å². The van der Waals surface area contributed by atoms with Crippen molar-refractivity contribution in [2.24, 2.45) is 5.73 Å². The van der Waals surface area contributed by atoms with Crippen molar-refractivity contribution in [2.45, 2.75) is 24.7 Å². The maximum atomic E-state index is 10.9. The number of ether oxygens (including phenoxy) is 1. The molecular formula is C12H14N2O2. The summed E-state index contributed by atoms with van der Waals surface area (Å²) in [7, 11) is 0. The zero-order valence-corrected chi connectivity index (χ0v) is 8.85. The molecule has 2 bridgehead atoms. The number of nitrogens with one attached hydrogen (secondary N) is 1. The van der Waals surface area contributed by atoms with Crippen LogP contribution in [0.25, 0.3) is 0 Å².